The third kappa shape index (κ3) is 8.58. The number of nitrogens with zero attached hydrogens (tertiary/aromatic N) is 1. The van der Waals surface area contributed by atoms with Crippen LogP contribution < -0.4 is 14.8 Å². The largest absolute Gasteiger partial charge is 0.493 e. The van der Waals surface area contributed by atoms with Gasteiger partial charge in [0.25, 0.3) is 0 Å². The summed E-state index contributed by atoms with van der Waals surface area (Å²) in [6.45, 7) is 6.81. The predicted octanol–water partition coefficient (Wildman–Crippen LogP) is 8.47. The maximum absolute atomic E-state index is 12.9. The minimum Gasteiger partial charge on any atom is -0.493 e. The number of phosphoric acid groups is 1. The maximum atomic E-state index is 12.9. The average Bonchev–Trinajstić information content (AvgIpc) is 3.35. The van der Waals surface area contributed by atoms with Crippen LogP contribution in [0.3, 0.4) is 0 Å². The summed E-state index contributed by atoms with van der Waals surface area (Å²) in [5.74, 6) is 1.71. The van der Waals surface area contributed by atoms with E-state index in [1.54, 1.807) is 12.1 Å². The van der Waals surface area contributed by atoms with E-state index in [2.05, 4.69) is 40.8 Å². The first-order valence-corrected chi connectivity index (χ1v) is 20.1. The van der Waals surface area contributed by atoms with Gasteiger partial charge in [-0.15, -0.1) is 0 Å². The standard InChI is InChI=1S/C39H50ClN2O8P/c1-25(24-48-35-12-18-41-34-9-4-6-26(2)36(34)35)20-29-21-28-10-11-32(50-27(3)13-19-49-51(45,46)47)23-33(28)38(29)14-16-39(17-15-38,37(43)44)42-31-8-5-7-30(40)22-31/h5,7-8,10-12,18,22-23,25-27,29,42H,4,6,9,13-17,19-21,24H2,1-3H3,(H,43,44)(H2,45,46,47)/t25-,26-,27+,29?,38?,39?/m1/s1. The minimum absolute atomic E-state index is 0.125. The Morgan fingerprint density at radius 1 is 1.12 bits per heavy atom. The number of fused-ring (bicyclic) bond motifs is 3. The number of anilines is 1. The molecule has 1 spiro atoms. The lowest BCUT2D eigenvalue weighted by Gasteiger charge is -2.47. The number of aliphatic carboxylic acids is 1. The van der Waals surface area contributed by atoms with Gasteiger partial charge in [-0.05, 0) is 135 Å². The number of carboxylic acids is 1. The topological polar surface area (TPSA) is 147 Å². The lowest BCUT2D eigenvalue weighted by molar-refractivity contribution is -0.144. The number of nitrogens with one attached hydrogen (secondary N) is 1. The molecule has 1 aromatic heterocycles. The molecule has 1 heterocycles. The van der Waals surface area contributed by atoms with E-state index in [4.69, 9.17) is 30.9 Å². The van der Waals surface area contributed by atoms with Crippen molar-refractivity contribution in [3.8, 4) is 11.5 Å². The Balaban J connectivity index is 1.23. The van der Waals surface area contributed by atoms with Crippen LogP contribution in [0, 0.1) is 11.8 Å². The van der Waals surface area contributed by atoms with Gasteiger partial charge in [-0.25, -0.2) is 9.36 Å². The van der Waals surface area contributed by atoms with Crippen LogP contribution in [0.4, 0.5) is 5.69 Å². The zero-order valence-corrected chi connectivity index (χ0v) is 31.3. The number of carboxylic acid groups (broad SMARTS) is 1. The van der Waals surface area contributed by atoms with Crippen molar-refractivity contribution in [3.05, 3.63) is 82.1 Å². The number of ether oxygens (including phenoxy) is 2. The van der Waals surface area contributed by atoms with Gasteiger partial charge in [0.05, 0.1) is 19.3 Å². The smallest absolute Gasteiger partial charge is 0.469 e. The summed E-state index contributed by atoms with van der Waals surface area (Å²) >= 11 is 6.26. The minimum atomic E-state index is -4.55. The summed E-state index contributed by atoms with van der Waals surface area (Å²) in [7, 11) is -4.55. The van der Waals surface area contributed by atoms with E-state index >= 15 is 0 Å². The fourth-order valence-electron chi connectivity index (χ4n) is 8.78. The fourth-order valence-corrected chi connectivity index (χ4v) is 9.31. The van der Waals surface area contributed by atoms with E-state index in [0.29, 0.717) is 61.1 Å². The highest BCUT2D eigenvalue weighted by molar-refractivity contribution is 7.46. The zero-order valence-electron chi connectivity index (χ0n) is 29.6. The first-order chi connectivity index (χ1) is 24.3. The van der Waals surface area contributed by atoms with Crippen molar-refractivity contribution in [1.29, 1.82) is 0 Å². The average molecular weight is 741 g/mol. The van der Waals surface area contributed by atoms with E-state index in [1.807, 2.05) is 37.4 Å². The van der Waals surface area contributed by atoms with E-state index in [-0.39, 0.29) is 30.0 Å². The summed E-state index contributed by atoms with van der Waals surface area (Å²) in [5.41, 5.74) is 4.17. The summed E-state index contributed by atoms with van der Waals surface area (Å²) in [4.78, 5) is 35.7. The van der Waals surface area contributed by atoms with Gasteiger partial charge in [0.2, 0.25) is 0 Å². The number of phosphoric ester groups is 1. The molecule has 6 rings (SSSR count). The molecule has 12 heteroatoms. The van der Waals surface area contributed by atoms with Crippen LogP contribution in [0.5, 0.6) is 11.5 Å². The Kier molecular flexibility index (Phi) is 11.4. The Morgan fingerprint density at radius 3 is 2.63 bits per heavy atom. The molecule has 276 valence electrons. The number of rotatable bonds is 14. The van der Waals surface area contributed by atoms with Crippen LogP contribution in [0.2, 0.25) is 5.02 Å². The lowest BCUT2D eigenvalue weighted by Crippen LogP contribution is -2.53. The van der Waals surface area contributed by atoms with Crippen molar-refractivity contribution in [2.24, 2.45) is 11.8 Å². The second kappa shape index (κ2) is 15.5. The molecule has 3 aliphatic rings. The van der Waals surface area contributed by atoms with Crippen molar-refractivity contribution >= 4 is 31.1 Å². The Morgan fingerprint density at radius 2 is 1.90 bits per heavy atom. The molecule has 1 unspecified atom stereocenters. The van der Waals surface area contributed by atoms with Crippen LogP contribution in [-0.4, -0.2) is 50.7 Å². The number of aryl methyl sites for hydroxylation is 1. The molecule has 0 bridgehead atoms. The number of aromatic nitrogens is 1. The zero-order chi connectivity index (χ0) is 36.4. The van der Waals surface area contributed by atoms with Gasteiger partial charge >= 0.3 is 13.8 Å². The third-order valence-electron chi connectivity index (χ3n) is 11.4. The molecule has 0 amide bonds. The quantitative estimate of drug-likeness (QED) is 0.119. The number of pyridine rings is 1. The number of hydrogen-bond donors (Lipinski definition) is 4. The molecule has 3 aliphatic carbocycles. The van der Waals surface area contributed by atoms with E-state index in [0.717, 1.165) is 43.5 Å². The third-order valence-corrected chi connectivity index (χ3v) is 12.1. The molecule has 51 heavy (non-hydrogen) atoms. The molecule has 0 aliphatic heterocycles. The molecular formula is C39H50ClN2O8P. The van der Waals surface area contributed by atoms with E-state index < -0.39 is 19.3 Å². The van der Waals surface area contributed by atoms with Crippen molar-refractivity contribution in [2.45, 2.75) is 108 Å². The second-order valence-corrected chi connectivity index (χ2v) is 16.7. The fraction of sp³-hybridized carbons (Fsp3) is 0.538. The molecule has 3 aromatic rings. The Bertz CT molecular complexity index is 1760. The monoisotopic (exact) mass is 740 g/mol. The van der Waals surface area contributed by atoms with Gasteiger partial charge in [-0.2, -0.15) is 0 Å². The van der Waals surface area contributed by atoms with Crippen molar-refractivity contribution in [3.63, 3.8) is 0 Å². The lowest BCUT2D eigenvalue weighted by atomic mass is 9.59. The van der Waals surface area contributed by atoms with Crippen LogP contribution in [0.1, 0.15) is 100 Å². The molecule has 4 atom stereocenters. The van der Waals surface area contributed by atoms with Gasteiger partial charge in [0, 0.05) is 34.6 Å². The molecule has 1 fully saturated rings. The van der Waals surface area contributed by atoms with Gasteiger partial charge in [0.1, 0.15) is 17.0 Å². The normalized spacial score (nSPS) is 25.5. The number of hydrogen-bond acceptors (Lipinski definition) is 7. The van der Waals surface area contributed by atoms with Crippen LogP contribution in [0.15, 0.2) is 54.7 Å². The van der Waals surface area contributed by atoms with Crippen molar-refractivity contribution in [2.75, 3.05) is 18.5 Å². The molecule has 2 aromatic carbocycles. The SMILES string of the molecule is C[C@@H](COc1ccnc2c1[C@H](C)CCC2)CC1Cc2ccc(O[C@@H](C)CCOP(=O)(O)O)cc2C12CCC(Nc1cccc(Cl)c1)(C(=O)O)CC2. The number of benzene rings is 2. The number of halogens is 1. The first kappa shape index (κ1) is 37.6. The summed E-state index contributed by atoms with van der Waals surface area (Å²) in [6, 6.07) is 15.4. The summed E-state index contributed by atoms with van der Waals surface area (Å²) in [5, 5.41) is 14.5. The first-order valence-electron chi connectivity index (χ1n) is 18.1. The highest BCUT2D eigenvalue weighted by Gasteiger charge is 2.54. The second-order valence-electron chi connectivity index (χ2n) is 15.1. The summed E-state index contributed by atoms with van der Waals surface area (Å²) in [6.07, 6.45) is 9.17. The highest BCUT2D eigenvalue weighted by Crippen LogP contribution is 2.57. The molecular weight excluding hydrogens is 691 g/mol. The Hall–Kier alpha value is -3.14. The molecule has 0 saturated heterocycles. The van der Waals surface area contributed by atoms with Crippen molar-refractivity contribution in [1.82, 2.24) is 4.98 Å². The van der Waals surface area contributed by atoms with E-state index in [1.165, 1.54) is 16.7 Å². The van der Waals surface area contributed by atoms with Crippen LogP contribution in [0.25, 0.3) is 0 Å². The Labute approximate surface area is 305 Å². The van der Waals surface area contributed by atoms with Gasteiger partial charge in [-0.3, -0.25) is 9.51 Å². The van der Waals surface area contributed by atoms with Gasteiger partial charge in [-0.1, -0.05) is 37.6 Å². The van der Waals surface area contributed by atoms with Crippen LogP contribution in [-0.2, 0) is 32.1 Å². The van der Waals surface area contributed by atoms with Crippen LogP contribution >= 0.6 is 19.4 Å². The van der Waals surface area contributed by atoms with Gasteiger partial charge in [0.15, 0.2) is 0 Å². The highest BCUT2D eigenvalue weighted by atomic mass is 35.5. The van der Waals surface area contributed by atoms with E-state index in [9.17, 15) is 14.5 Å². The van der Waals surface area contributed by atoms with Crippen molar-refractivity contribution < 1.29 is 38.3 Å². The predicted molar refractivity (Wildman–Crippen MR) is 197 cm³/mol. The molecule has 0 radical (unpaired) electrons. The molecule has 1 saturated carbocycles. The maximum Gasteiger partial charge on any atom is 0.469 e. The molecule has 4 N–H and O–H groups in total. The number of carbonyl (C=O) groups is 1. The molecule has 10 nitrogen and oxygen atoms in total. The summed E-state index contributed by atoms with van der Waals surface area (Å²) < 4.78 is 28.6. The van der Waals surface area contributed by atoms with Gasteiger partial charge < -0.3 is 29.7 Å².